The normalized spacial score (nSPS) is 27.1. The van der Waals surface area contributed by atoms with Crippen molar-refractivity contribution in [3.8, 4) is 11.1 Å². The van der Waals surface area contributed by atoms with Gasteiger partial charge in [0, 0.05) is 17.7 Å². The molecule has 2 fully saturated rings. The first kappa shape index (κ1) is 16.5. The topological polar surface area (TPSA) is 77.8 Å². The van der Waals surface area contributed by atoms with Gasteiger partial charge in [0.25, 0.3) is 5.91 Å². The molecule has 1 heterocycles. The van der Waals surface area contributed by atoms with E-state index in [0.29, 0.717) is 17.7 Å². The lowest BCUT2D eigenvalue weighted by molar-refractivity contribution is -0.157. The van der Waals surface area contributed by atoms with Gasteiger partial charge in [-0.15, -0.1) is 0 Å². The van der Waals surface area contributed by atoms with Crippen LogP contribution in [0.25, 0.3) is 11.1 Å². The minimum Gasteiger partial charge on any atom is -0.480 e. The summed E-state index contributed by atoms with van der Waals surface area (Å²) >= 11 is 0. The third kappa shape index (κ3) is 2.09. The Morgan fingerprint density at radius 2 is 1.56 bits per heavy atom. The molecule has 2 aromatic rings. The Hall–Kier alpha value is -2.66. The number of carbonyl (C=O) groups is 2. The highest BCUT2D eigenvalue weighted by Gasteiger charge is 2.56. The fraction of sp³-hybridized carbons (Fsp3) is 0.364. The molecule has 2 aromatic carbocycles. The van der Waals surface area contributed by atoms with Gasteiger partial charge in [0.1, 0.15) is 6.04 Å². The molecule has 138 valence electrons. The quantitative estimate of drug-likeness (QED) is 0.860. The molecule has 3 atom stereocenters. The summed E-state index contributed by atoms with van der Waals surface area (Å²) in [6.45, 7) is 0.410. The van der Waals surface area contributed by atoms with Crippen LogP contribution in [0.3, 0.4) is 0 Å². The van der Waals surface area contributed by atoms with E-state index in [1.165, 1.54) is 4.90 Å². The Balaban J connectivity index is 1.64. The van der Waals surface area contributed by atoms with E-state index < -0.39 is 23.5 Å². The highest BCUT2D eigenvalue weighted by Crippen LogP contribution is 2.50. The lowest BCUT2D eigenvalue weighted by Crippen LogP contribution is -2.52. The van der Waals surface area contributed by atoms with Gasteiger partial charge in [-0.05, 0) is 35.8 Å². The molecular weight excluding hydrogens is 342 g/mol. The molecule has 0 bridgehead atoms. The second-order valence-electron chi connectivity index (χ2n) is 7.90. The predicted molar refractivity (Wildman–Crippen MR) is 98.8 cm³/mol. The molecule has 2 aliphatic carbocycles. The summed E-state index contributed by atoms with van der Waals surface area (Å²) in [5.41, 5.74) is 0.903. The summed E-state index contributed by atoms with van der Waals surface area (Å²) in [7, 11) is 0. The van der Waals surface area contributed by atoms with Gasteiger partial charge in [0.15, 0.2) is 5.60 Å². The van der Waals surface area contributed by atoms with Crippen molar-refractivity contribution in [1.29, 1.82) is 0 Å². The number of benzene rings is 2. The van der Waals surface area contributed by atoms with Gasteiger partial charge in [-0.25, -0.2) is 4.79 Å². The number of hydrogen-bond acceptors (Lipinski definition) is 3. The Kier molecular flexibility index (Phi) is 3.46. The fourth-order valence-corrected chi connectivity index (χ4v) is 5.48. The van der Waals surface area contributed by atoms with Crippen LogP contribution in [0.4, 0.5) is 0 Å². The van der Waals surface area contributed by atoms with E-state index in [0.717, 1.165) is 30.4 Å². The first-order valence-corrected chi connectivity index (χ1v) is 9.49. The largest absolute Gasteiger partial charge is 0.480 e. The second kappa shape index (κ2) is 5.67. The standard InChI is InChI=1S/C22H21NO4/c24-20(25)19-14-9-5-6-13(14)12-23(19)21(26)22(27)17-10-3-1-7-15(17)16-8-2-4-11-18(16)22/h1-4,7-8,10-11,13-14,19,27H,5-6,9,12H2,(H,24,25)/t13-,14-,19-/m0/s1. The third-order valence-electron chi connectivity index (χ3n) is 6.64. The van der Waals surface area contributed by atoms with Crippen LogP contribution in [0.15, 0.2) is 48.5 Å². The maximum atomic E-state index is 13.7. The van der Waals surface area contributed by atoms with Crippen LogP contribution >= 0.6 is 0 Å². The van der Waals surface area contributed by atoms with Crippen molar-refractivity contribution < 1.29 is 19.8 Å². The van der Waals surface area contributed by atoms with E-state index >= 15 is 0 Å². The Bertz CT molecular complexity index is 907. The van der Waals surface area contributed by atoms with E-state index in [9.17, 15) is 19.8 Å². The number of carboxylic acid groups (broad SMARTS) is 1. The van der Waals surface area contributed by atoms with Crippen molar-refractivity contribution in [1.82, 2.24) is 4.90 Å². The molecule has 0 spiro atoms. The first-order valence-electron chi connectivity index (χ1n) is 9.49. The van der Waals surface area contributed by atoms with Crippen LogP contribution in [0.5, 0.6) is 0 Å². The lowest BCUT2D eigenvalue weighted by atomic mass is 9.89. The maximum Gasteiger partial charge on any atom is 0.326 e. The SMILES string of the molecule is O=C(O)[C@@H]1[C@H]2CCC[C@H]2CN1C(=O)C1(O)c2ccccc2-c2ccccc21. The number of amides is 1. The number of carboxylic acids is 1. The predicted octanol–water partition coefficient (Wildman–Crippen LogP) is 2.61. The van der Waals surface area contributed by atoms with E-state index in [4.69, 9.17) is 0 Å². The number of aliphatic carboxylic acids is 1. The molecule has 0 radical (unpaired) electrons. The zero-order valence-corrected chi connectivity index (χ0v) is 14.8. The molecule has 3 aliphatic rings. The summed E-state index contributed by atoms with van der Waals surface area (Å²) in [5.74, 6) is -1.28. The van der Waals surface area contributed by atoms with Gasteiger partial charge in [-0.1, -0.05) is 55.0 Å². The van der Waals surface area contributed by atoms with Gasteiger partial charge >= 0.3 is 5.97 Å². The molecular formula is C22H21NO4. The number of carbonyl (C=O) groups excluding carboxylic acids is 1. The molecule has 1 aliphatic heterocycles. The monoisotopic (exact) mass is 363 g/mol. The number of likely N-dealkylation sites (tertiary alicyclic amines) is 1. The Labute approximate surface area is 157 Å². The van der Waals surface area contributed by atoms with Gasteiger partial charge in [-0.3, -0.25) is 4.79 Å². The summed E-state index contributed by atoms with van der Waals surface area (Å²) in [6.07, 6.45) is 2.79. The molecule has 2 N–H and O–H groups in total. The van der Waals surface area contributed by atoms with Crippen LogP contribution in [0.1, 0.15) is 30.4 Å². The molecule has 0 aromatic heterocycles. The van der Waals surface area contributed by atoms with E-state index in [1.54, 1.807) is 24.3 Å². The third-order valence-corrected chi connectivity index (χ3v) is 6.64. The summed E-state index contributed by atoms with van der Waals surface area (Å²) < 4.78 is 0. The van der Waals surface area contributed by atoms with Crippen molar-refractivity contribution in [3.63, 3.8) is 0 Å². The van der Waals surface area contributed by atoms with Crippen LogP contribution in [-0.4, -0.2) is 39.6 Å². The average Bonchev–Trinajstić information content (AvgIpc) is 3.33. The average molecular weight is 363 g/mol. The lowest BCUT2D eigenvalue weighted by Gasteiger charge is -2.33. The molecule has 1 saturated carbocycles. The van der Waals surface area contributed by atoms with Crippen molar-refractivity contribution in [3.05, 3.63) is 59.7 Å². The fourth-order valence-electron chi connectivity index (χ4n) is 5.48. The molecule has 27 heavy (non-hydrogen) atoms. The van der Waals surface area contributed by atoms with Crippen LogP contribution in [-0.2, 0) is 15.2 Å². The second-order valence-corrected chi connectivity index (χ2v) is 7.90. The van der Waals surface area contributed by atoms with Crippen LogP contribution < -0.4 is 0 Å². The zero-order chi connectivity index (χ0) is 18.8. The van der Waals surface area contributed by atoms with Crippen molar-refractivity contribution in [2.24, 2.45) is 11.8 Å². The first-order chi connectivity index (χ1) is 13.0. The number of hydrogen-bond donors (Lipinski definition) is 2. The molecule has 5 rings (SSSR count). The van der Waals surface area contributed by atoms with Crippen molar-refractivity contribution in [2.45, 2.75) is 30.9 Å². The molecule has 5 nitrogen and oxygen atoms in total. The summed E-state index contributed by atoms with van der Waals surface area (Å²) in [5, 5.41) is 21.5. The minimum absolute atomic E-state index is 0.0121. The van der Waals surface area contributed by atoms with E-state index in [-0.39, 0.29) is 11.8 Å². The Morgan fingerprint density at radius 3 is 2.15 bits per heavy atom. The number of rotatable bonds is 2. The van der Waals surface area contributed by atoms with Gasteiger partial charge in [0.05, 0.1) is 0 Å². The molecule has 1 amide bonds. The number of aliphatic hydroxyl groups is 1. The zero-order valence-electron chi connectivity index (χ0n) is 14.8. The van der Waals surface area contributed by atoms with Crippen molar-refractivity contribution >= 4 is 11.9 Å². The Morgan fingerprint density at radius 1 is 0.963 bits per heavy atom. The number of fused-ring (bicyclic) bond motifs is 4. The smallest absolute Gasteiger partial charge is 0.326 e. The highest BCUT2D eigenvalue weighted by atomic mass is 16.4. The number of nitrogens with zero attached hydrogens (tertiary/aromatic N) is 1. The minimum atomic E-state index is -1.83. The van der Waals surface area contributed by atoms with E-state index in [2.05, 4.69) is 0 Å². The summed E-state index contributed by atoms with van der Waals surface area (Å²) in [4.78, 5) is 27.1. The molecule has 5 heteroatoms. The summed E-state index contributed by atoms with van der Waals surface area (Å²) in [6, 6.07) is 13.8. The van der Waals surface area contributed by atoms with Gasteiger partial charge < -0.3 is 15.1 Å². The van der Waals surface area contributed by atoms with Crippen LogP contribution in [0.2, 0.25) is 0 Å². The van der Waals surface area contributed by atoms with Gasteiger partial charge in [-0.2, -0.15) is 0 Å². The maximum absolute atomic E-state index is 13.7. The molecule has 0 unspecified atom stereocenters. The van der Waals surface area contributed by atoms with Crippen LogP contribution in [0, 0.1) is 11.8 Å². The molecule has 1 saturated heterocycles. The highest BCUT2D eigenvalue weighted by molar-refractivity contribution is 6.00. The van der Waals surface area contributed by atoms with Crippen molar-refractivity contribution in [2.75, 3.05) is 6.54 Å². The van der Waals surface area contributed by atoms with Gasteiger partial charge in [0.2, 0.25) is 0 Å². The van der Waals surface area contributed by atoms with E-state index in [1.807, 2.05) is 24.3 Å².